The van der Waals surface area contributed by atoms with Gasteiger partial charge in [0.2, 0.25) is 5.91 Å². The minimum atomic E-state index is -0.729. The number of amides is 1. The minimum absolute atomic E-state index is 0.00843. The third kappa shape index (κ3) is 3.88. The Morgan fingerprint density at radius 3 is 2.61 bits per heavy atom. The summed E-state index contributed by atoms with van der Waals surface area (Å²) in [6.45, 7) is 0.259. The van der Waals surface area contributed by atoms with Gasteiger partial charge in [-0.15, -0.1) is 12.3 Å². The Balaban J connectivity index is 2.51. The number of terminal acetylenes is 1. The summed E-state index contributed by atoms with van der Waals surface area (Å²) in [5.41, 5.74) is 6.27. The van der Waals surface area contributed by atoms with Crippen molar-refractivity contribution in [2.24, 2.45) is 5.73 Å². The van der Waals surface area contributed by atoms with Gasteiger partial charge in [0.1, 0.15) is 0 Å². The summed E-state index contributed by atoms with van der Waals surface area (Å²) < 4.78 is 0. The maximum absolute atomic E-state index is 11.4. The number of nitro benzene ring substituents is 1. The van der Waals surface area contributed by atoms with Crippen molar-refractivity contribution in [3.05, 3.63) is 39.9 Å². The van der Waals surface area contributed by atoms with E-state index in [1.54, 1.807) is 12.1 Å². The van der Waals surface area contributed by atoms with E-state index in [9.17, 15) is 14.9 Å². The predicted molar refractivity (Wildman–Crippen MR) is 66.4 cm³/mol. The van der Waals surface area contributed by atoms with Gasteiger partial charge in [-0.05, 0) is 5.56 Å². The molecule has 1 atom stereocenters. The lowest BCUT2D eigenvalue weighted by molar-refractivity contribution is -0.384. The van der Waals surface area contributed by atoms with Crippen molar-refractivity contribution in [3.8, 4) is 12.3 Å². The molecule has 0 saturated heterocycles. The third-order valence-electron chi connectivity index (χ3n) is 2.29. The standard InChI is InChI=1S/C12H13N3O3/c1-2-3-11(13)12(16)14-8-9-4-6-10(7-5-9)15(17)18/h1,4-7,11H,3,8,13H2,(H,14,16). The number of non-ortho nitro benzene ring substituents is 1. The molecule has 1 aromatic carbocycles. The van der Waals surface area contributed by atoms with Crippen molar-refractivity contribution >= 4 is 11.6 Å². The third-order valence-corrected chi connectivity index (χ3v) is 2.29. The second kappa shape index (κ2) is 6.37. The molecule has 6 nitrogen and oxygen atoms in total. The van der Waals surface area contributed by atoms with Crippen LogP contribution in [0, 0.1) is 22.5 Å². The van der Waals surface area contributed by atoms with Crippen LogP contribution in [0.3, 0.4) is 0 Å². The number of hydrogen-bond donors (Lipinski definition) is 2. The van der Waals surface area contributed by atoms with Gasteiger partial charge in [-0.3, -0.25) is 14.9 Å². The lowest BCUT2D eigenvalue weighted by Crippen LogP contribution is -2.39. The average Bonchev–Trinajstić information content (AvgIpc) is 2.36. The summed E-state index contributed by atoms with van der Waals surface area (Å²) in [6.07, 6.45) is 5.22. The van der Waals surface area contributed by atoms with Crippen LogP contribution in [0.4, 0.5) is 5.69 Å². The Hall–Kier alpha value is -2.39. The maximum Gasteiger partial charge on any atom is 0.269 e. The molecule has 0 aliphatic heterocycles. The first-order chi connectivity index (χ1) is 8.54. The van der Waals surface area contributed by atoms with Crippen molar-refractivity contribution in [2.45, 2.75) is 19.0 Å². The molecular formula is C12H13N3O3. The molecule has 0 saturated carbocycles. The highest BCUT2D eigenvalue weighted by atomic mass is 16.6. The molecule has 6 heteroatoms. The van der Waals surface area contributed by atoms with Gasteiger partial charge in [0.15, 0.2) is 0 Å². The average molecular weight is 247 g/mol. The molecule has 0 heterocycles. The van der Waals surface area contributed by atoms with Crippen molar-refractivity contribution in [2.75, 3.05) is 0 Å². The number of nitrogens with two attached hydrogens (primary N) is 1. The van der Waals surface area contributed by atoms with Crippen molar-refractivity contribution in [1.29, 1.82) is 0 Å². The second-order valence-corrected chi connectivity index (χ2v) is 3.66. The molecule has 94 valence electrons. The first kappa shape index (κ1) is 13.7. The molecular weight excluding hydrogens is 234 g/mol. The van der Waals surface area contributed by atoms with Crippen LogP contribution in [0.15, 0.2) is 24.3 Å². The number of hydrogen-bond acceptors (Lipinski definition) is 4. The zero-order chi connectivity index (χ0) is 13.5. The van der Waals surface area contributed by atoms with Crippen LogP contribution in [-0.4, -0.2) is 16.9 Å². The van der Waals surface area contributed by atoms with E-state index in [0.717, 1.165) is 5.56 Å². The molecule has 18 heavy (non-hydrogen) atoms. The summed E-state index contributed by atoms with van der Waals surface area (Å²) in [7, 11) is 0. The number of nitrogens with zero attached hydrogens (tertiary/aromatic N) is 1. The van der Waals surface area contributed by atoms with Gasteiger partial charge in [-0.2, -0.15) is 0 Å². The second-order valence-electron chi connectivity index (χ2n) is 3.66. The molecule has 1 amide bonds. The smallest absolute Gasteiger partial charge is 0.269 e. The highest BCUT2D eigenvalue weighted by molar-refractivity contribution is 5.81. The summed E-state index contributed by atoms with van der Waals surface area (Å²) in [5, 5.41) is 13.0. The fourth-order valence-corrected chi connectivity index (χ4v) is 1.28. The number of rotatable bonds is 5. The highest BCUT2D eigenvalue weighted by Crippen LogP contribution is 2.11. The lowest BCUT2D eigenvalue weighted by atomic mass is 10.2. The van der Waals surface area contributed by atoms with Crippen LogP contribution >= 0.6 is 0 Å². The van der Waals surface area contributed by atoms with E-state index >= 15 is 0 Å². The molecule has 0 aliphatic carbocycles. The maximum atomic E-state index is 11.4. The van der Waals surface area contributed by atoms with Crippen LogP contribution in [0.5, 0.6) is 0 Å². The van der Waals surface area contributed by atoms with Crippen molar-refractivity contribution in [3.63, 3.8) is 0 Å². The molecule has 1 unspecified atom stereocenters. The van der Waals surface area contributed by atoms with Gasteiger partial charge < -0.3 is 11.1 Å². The molecule has 0 radical (unpaired) electrons. The molecule has 1 rings (SSSR count). The first-order valence-electron chi connectivity index (χ1n) is 5.24. The SMILES string of the molecule is C#CCC(N)C(=O)NCc1ccc([N+](=O)[O-])cc1. The Kier molecular flexibility index (Phi) is 4.84. The predicted octanol–water partition coefficient (Wildman–Crippen LogP) is 0.562. The number of benzene rings is 1. The van der Waals surface area contributed by atoms with Crippen LogP contribution in [0.25, 0.3) is 0 Å². The number of nitro groups is 1. The summed E-state index contributed by atoms with van der Waals surface area (Å²) in [5.74, 6) is 1.96. The van der Waals surface area contributed by atoms with E-state index in [1.807, 2.05) is 0 Å². The van der Waals surface area contributed by atoms with Gasteiger partial charge in [0.25, 0.3) is 5.69 Å². The Morgan fingerprint density at radius 2 is 2.11 bits per heavy atom. The number of carbonyl (C=O) groups is 1. The molecule has 0 aromatic heterocycles. The quantitative estimate of drug-likeness (QED) is 0.451. The first-order valence-corrected chi connectivity index (χ1v) is 5.24. The molecule has 1 aromatic rings. The van der Waals surface area contributed by atoms with Crippen LogP contribution in [0.1, 0.15) is 12.0 Å². The highest BCUT2D eigenvalue weighted by Gasteiger charge is 2.11. The molecule has 0 aliphatic rings. The molecule has 3 N–H and O–H groups in total. The van der Waals surface area contributed by atoms with E-state index < -0.39 is 11.0 Å². The monoisotopic (exact) mass is 247 g/mol. The van der Waals surface area contributed by atoms with Crippen molar-refractivity contribution < 1.29 is 9.72 Å². The largest absolute Gasteiger partial charge is 0.351 e. The zero-order valence-electron chi connectivity index (χ0n) is 9.63. The Labute approximate surface area is 104 Å². The Morgan fingerprint density at radius 1 is 1.50 bits per heavy atom. The topological polar surface area (TPSA) is 98.3 Å². The van der Waals surface area contributed by atoms with Gasteiger partial charge >= 0.3 is 0 Å². The normalized spacial score (nSPS) is 11.3. The molecule has 0 fully saturated rings. The van der Waals surface area contributed by atoms with Crippen LogP contribution in [0.2, 0.25) is 0 Å². The van der Waals surface area contributed by atoms with Gasteiger partial charge in [0.05, 0.1) is 11.0 Å². The van der Waals surface area contributed by atoms with E-state index in [0.29, 0.717) is 0 Å². The number of carbonyl (C=O) groups excluding carboxylic acids is 1. The minimum Gasteiger partial charge on any atom is -0.351 e. The molecule has 0 bridgehead atoms. The summed E-state index contributed by atoms with van der Waals surface area (Å²) in [6, 6.07) is 5.18. The van der Waals surface area contributed by atoms with Crippen molar-refractivity contribution in [1.82, 2.24) is 5.32 Å². The molecule has 0 spiro atoms. The van der Waals surface area contributed by atoms with E-state index in [1.165, 1.54) is 12.1 Å². The Bertz CT molecular complexity index is 476. The summed E-state index contributed by atoms with van der Waals surface area (Å²) in [4.78, 5) is 21.4. The van der Waals surface area contributed by atoms with E-state index in [4.69, 9.17) is 12.2 Å². The summed E-state index contributed by atoms with van der Waals surface area (Å²) >= 11 is 0. The lowest BCUT2D eigenvalue weighted by Gasteiger charge is -2.09. The zero-order valence-corrected chi connectivity index (χ0v) is 9.63. The van der Waals surface area contributed by atoms with Crippen LogP contribution in [-0.2, 0) is 11.3 Å². The van der Waals surface area contributed by atoms with Crippen LogP contribution < -0.4 is 11.1 Å². The fraction of sp³-hybridized carbons (Fsp3) is 0.250. The fourth-order valence-electron chi connectivity index (χ4n) is 1.28. The van der Waals surface area contributed by atoms with Gasteiger partial charge in [-0.25, -0.2) is 0 Å². The van der Waals surface area contributed by atoms with E-state index in [-0.39, 0.29) is 24.6 Å². The van der Waals surface area contributed by atoms with E-state index in [2.05, 4.69) is 11.2 Å². The van der Waals surface area contributed by atoms with Gasteiger partial charge in [-0.1, -0.05) is 12.1 Å². The number of nitrogens with one attached hydrogen (secondary N) is 1. The van der Waals surface area contributed by atoms with Gasteiger partial charge in [0, 0.05) is 25.1 Å².